The van der Waals surface area contributed by atoms with Gasteiger partial charge >= 0.3 is 5.69 Å². The van der Waals surface area contributed by atoms with E-state index in [4.69, 9.17) is 4.74 Å². The molecule has 5 rings (SSSR count). The minimum atomic E-state index is -0.396. The molecule has 5 aromatic rings. The fraction of sp³-hybridized carbons (Fsp3) is 0.130. The monoisotopic (exact) mass is 460 g/mol. The molecule has 3 aromatic heterocycles. The lowest BCUT2D eigenvalue weighted by molar-refractivity contribution is -0.117. The molecule has 0 aliphatic carbocycles. The number of hydrogen-bond donors (Lipinski definition) is 1. The molecule has 3 heterocycles. The summed E-state index contributed by atoms with van der Waals surface area (Å²) in [6, 6.07) is 16.9. The molecule has 10 heteroatoms. The number of nitrogens with one attached hydrogen (secondary N) is 1. The van der Waals surface area contributed by atoms with Crippen molar-refractivity contribution < 1.29 is 9.53 Å². The number of nitrogens with zero attached hydrogens (tertiary/aromatic N) is 5. The van der Waals surface area contributed by atoms with E-state index in [1.54, 1.807) is 41.8 Å². The van der Waals surface area contributed by atoms with E-state index >= 15 is 0 Å². The largest absolute Gasteiger partial charge is 0.497 e. The van der Waals surface area contributed by atoms with E-state index in [1.165, 1.54) is 4.40 Å². The van der Waals surface area contributed by atoms with Crippen LogP contribution in [0.1, 0.15) is 0 Å². The number of amides is 1. The second kappa shape index (κ2) is 8.47. The van der Waals surface area contributed by atoms with Gasteiger partial charge in [-0.3, -0.25) is 4.79 Å². The summed E-state index contributed by atoms with van der Waals surface area (Å²) < 4.78 is 9.44. The number of methoxy groups -OCH3 is 1. The lowest BCUT2D eigenvalue weighted by Crippen LogP contribution is -2.28. The average molecular weight is 461 g/mol. The van der Waals surface area contributed by atoms with Crippen LogP contribution in [0.15, 0.2) is 76.7 Å². The highest BCUT2D eigenvalue weighted by molar-refractivity contribution is 7.98. The van der Waals surface area contributed by atoms with Crippen molar-refractivity contribution >= 4 is 34.5 Å². The third-order valence-corrected chi connectivity index (χ3v) is 5.95. The van der Waals surface area contributed by atoms with Crippen LogP contribution in [0.2, 0.25) is 0 Å². The van der Waals surface area contributed by atoms with Crippen LogP contribution in [0.5, 0.6) is 5.75 Å². The summed E-state index contributed by atoms with van der Waals surface area (Å²) in [7, 11) is 1.62. The molecule has 1 N–H and O–H groups in total. The Bertz CT molecular complexity index is 1530. The van der Waals surface area contributed by atoms with Crippen molar-refractivity contribution in [2.24, 2.45) is 0 Å². The Kier molecular flexibility index (Phi) is 5.35. The van der Waals surface area contributed by atoms with Crippen LogP contribution in [0.4, 0.5) is 5.69 Å². The Balaban J connectivity index is 1.46. The van der Waals surface area contributed by atoms with Crippen LogP contribution in [-0.2, 0) is 11.3 Å². The number of benzene rings is 2. The lowest BCUT2D eigenvalue weighted by Gasteiger charge is -2.05. The molecule has 1 amide bonds. The first-order chi connectivity index (χ1) is 16.1. The molecule has 0 saturated heterocycles. The van der Waals surface area contributed by atoms with E-state index in [1.807, 2.05) is 54.8 Å². The highest BCUT2D eigenvalue weighted by Gasteiger charge is 2.15. The third kappa shape index (κ3) is 3.96. The number of anilines is 1. The molecule has 0 unspecified atom stereocenters. The molecule has 166 valence electrons. The Morgan fingerprint density at radius 3 is 2.67 bits per heavy atom. The van der Waals surface area contributed by atoms with Gasteiger partial charge in [-0.05, 0) is 54.8 Å². The molecule has 0 atom stereocenters. The molecule has 0 saturated carbocycles. The van der Waals surface area contributed by atoms with Crippen molar-refractivity contribution in [2.75, 3.05) is 18.7 Å². The van der Waals surface area contributed by atoms with Gasteiger partial charge in [-0.1, -0.05) is 6.07 Å². The summed E-state index contributed by atoms with van der Waals surface area (Å²) in [4.78, 5) is 26.4. The van der Waals surface area contributed by atoms with E-state index in [2.05, 4.69) is 15.5 Å². The molecular weight excluding hydrogens is 440 g/mol. The van der Waals surface area contributed by atoms with Crippen molar-refractivity contribution in [1.29, 1.82) is 0 Å². The minimum Gasteiger partial charge on any atom is -0.497 e. The Hall–Kier alpha value is -4.05. The second-order valence-corrected chi connectivity index (χ2v) is 8.18. The summed E-state index contributed by atoms with van der Waals surface area (Å²) >= 11 is 1.59. The van der Waals surface area contributed by atoms with Crippen molar-refractivity contribution in [3.8, 4) is 17.0 Å². The van der Waals surface area contributed by atoms with E-state index in [-0.39, 0.29) is 12.5 Å². The van der Waals surface area contributed by atoms with Gasteiger partial charge in [0.25, 0.3) is 0 Å². The SMILES string of the molecule is COc1ccc(-c2cc3c4nn(CC(=O)Nc5cccc(SC)c5)c(=O)n4ccn3n2)cc1. The fourth-order valence-corrected chi connectivity index (χ4v) is 4.04. The Morgan fingerprint density at radius 2 is 1.91 bits per heavy atom. The van der Waals surface area contributed by atoms with Crippen LogP contribution >= 0.6 is 11.8 Å². The van der Waals surface area contributed by atoms with E-state index in [9.17, 15) is 9.59 Å². The second-order valence-electron chi connectivity index (χ2n) is 7.30. The number of thioether (sulfide) groups is 1. The summed E-state index contributed by atoms with van der Waals surface area (Å²) in [6.07, 6.45) is 5.25. The fourth-order valence-electron chi connectivity index (χ4n) is 3.58. The predicted octanol–water partition coefficient (Wildman–Crippen LogP) is 3.18. The third-order valence-electron chi connectivity index (χ3n) is 5.22. The van der Waals surface area contributed by atoms with Crippen LogP contribution in [0, 0.1) is 0 Å². The number of carbonyl (C=O) groups excluding carboxylic acids is 1. The zero-order valence-corrected chi connectivity index (χ0v) is 18.7. The minimum absolute atomic E-state index is 0.199. The molecular formula is C23H20N6O3S. The molecule has 0 bridgehead atoms. The van der Waals surface area contributed by atoms with Crippen molar-refractivity contribution in [1.82, 2.24) is 23.8 Å². The van der Waals surface area contributed by atoms with Crippen LogP contribution in [0.25, 0.3) is 22.4 Å². The standard InChI is InChI=1S/C23H20N6O3S/c1-32-17-8-6-15(7-9-17)19-13-20-22-26-29(23(31)27(22)10-11-28(20)25-19)14-21(30)24-16-4-3-5-18(12-16)33-2/h3-13H,14H2,1-2H3,(H,24,30). The van der Waals surface area contributed by atoms with Gasteiger partial charge in [-0.2, -0.15) is 5.10 Å². The lowest BCUT2D eigenvalue weighted by atomic mass is 10.1. The van der Waals surface area contributed by atoms with Gasteiger partial charge in [0.15, 0.2) is 5.65 Å². The maximum absolute atomic E-state index is 12.8. The Morgan fingerprint density at radius 1 is 1.09 bits per heavy atom. The smallest absolute Gasteiger partial charge is 0.350 e. The number of rotatable bonds is 6. The van der Waals surface area contributed by atoms with Gasteiger partial charge in [-0.25, -0.2) is 18.4 Å². The Labute approximate surface area is 192 Å². The normalized spacial score (nSPS) is 11.2. The number of ether oxygens (including phenoxy) is 1. The van der Waals surface area contributed by atoms with Crippen LogP contribution < -0.4 is 15.7 Å². The molecule has 0 aliphatic rings. The first-order valence-corrected chi connectivity index (χ1v) is 11.3. The molecule has 33 heavy (non-hydrogen) atoms. The van der Waals surface area contributed by atoms with E-state index < -0.39 is 5.69 Å². The van der Waals surface area contributed by atoms with Gasteiger partial charge in [0, 0.05) is 28.5 Å². The maximum Gasteiger partial charge on any atom is 0.350 e. The topological polar surface area (TPSA) is 94.9 Å². The number of carbonyl (C=O) groups is 1. The highest BCUT2D eigenvalue weighted by Crippen LogP contribution is 2.23. The van der Waals surface area contributed by atoms with Gasteiger partial charge < -0.3 is 10.1 Å². The van der Waals surface area contributed by atoms with E-state index in [0.717, 1.165) is 26.6 Å². The molecule has 0 radical (unpaired) electrons. The highest BCUT2D eigenvalue weighted by atomic mass is 32.2. The predicted molar refractivity (Wildman–Crippen MR) is 127 cm³/mol. The average Bonchev–Trinajstić information content (AvgIpc) is 3.41. The summed E-state index contributed by atoms with van der Waals surface area (Å²) in [5.41, 5.74) is 3.00. The first-order valence-electron chi connectivity index (χ1n) is 10.1. The zero-order valence-electron chi connectivity index (χ0n) is 17.9. The molecule has 2 aromatic carbocycles. The first kappa shape index (κ1) is 20.8. The number of aromatic nitrogens is 5. The van der Waals surface area contributed by atoms with Gasteiger partial charge in [0.05, 0.1) is 12.8 Å². The van der Waals surface area contributed by atoms with Gasteiger partial charge in [0.2, 0.25) is 5.91 Å². The van der Waals surface area contributed by atoms with Crippen molar-refractivity contribution in [3.63, 3.8) is 0 Å². The van der Waals surface area contributed by atoms with Crippen molar-refractivity contribution in [3.05, 3.63) is 77.5 Å². The molecule has 0 aliphatic heterocycles. The van der Waals surface area contributed by atoms with E-state index in [0.29, 0.717) is 16.9 Å². The van der Waals surface area contributed by atoms with Crippen molar-refractivity contribution in [2.45, 2.75) is 11.4 Å². The van der Waals surface area contributed by atoms with Crippen LogP contribution in [0.3, 0.4) is 0 Å². The van der Waals surface area contributed by atoms with Gasteiger partial charge in [-0.15, -0.1) is 16.9 Å². The summed E-state index contributed by atoms with van der Waals surface area (Å²) in [5, 5.41) is 11.8. The quantitative estimate of drug-likeness (QED) is 0.391. The number of hydrogen-bond acceptors (Lipinski definition) is 6. The zero-order chi connectivity index (χ0) is 22.9. The molecule has 0 fully saturated rings. The molecule has 0 spiro atoms. The van der Waals surface area contributed by atoms with Gasteiger partial charge in [0.1, 0.15) is 17.8 Å². The number of fused-ring (bicyclic) bond motifs is 3. The summed E-state index contributed by atoms with van der Waals surface area (Å²) in [5.74, 6) is 0.427. The maximum atomic E-state index is 12.8. The molecule has 9 nitrogen and oxygen atoms in total. The van der Waals surface area contributed by atoms with Crippen LogP contribution in [-0.4, -0.2) is 43.1 Å². The summed E-state index contributed by atoms with van der Waals surface area (Å²) in [6.45, 7) is -0.199.